The molecule has 3 heteroatoms. The Bertz CT molecular complexity index is 220. The van der Waals surface area contributed by atoms with Crippen LogP contribution in [0.2, 0.25) is 0 Å². The second-order valence-corrected chi connectivity index (χ2v) is 5.72. The first-order chi connectivity index (χ1) is 8.16. The van der Waals surface area contributed by atoms with Crippen LogP contribution in [0.15, 0.2) is 0 Å². The predicted molar refractivity (Wildman–Crippen MR) is 79.4 cm³/mol. The summed E-state index contributed by atoms with van der Waals surface area (Å²) >= 11 is 5.52. The average molecular weight is 256 g/mol. The third-order valence-corrected chi connectivity index (χ3v) is 4.09. The van der Waals surface area contributed by atoms with Gasteiger partial charge in [-0.1, -0.05) is 26.2 Å². The number of hydrogen-bond donors (Lipinski definition) is 1. The normalized spacial score (nSPS) is 24.8. The van der Waals surface area contributed by atoms with Crippen LogP contribution in [0.4, 0.5) is 0 Å². The molecule has 100 valence electrons. The summed E-state index contributed by atoms with van der Waals surface area (Å²) in [6, 6.07) is 1.21. The number of thiocarbonyl (C=S) groups is 1. The van der Waals surface area contributed by atoms with Crippen molar-refractivity contribution in [1.82, 2.24) is 10.2 Å². The van der Waals surface area contributed by atoms with Gasteiger partial charge in [-0.15, -0.1) is 0 Å². The fourth-order valence-electron chi connectivity index (χ4n) is 2.66. The zero-order chi connectivity index (χ0) is 12.7. The Morgan fingerprint density at radius 2 is 1.82 bits per heavy atom. The summed E-state index contributed by atoms with van der Waals surface area (Å²) < 4.78 is 0. The van der Waals surface area contributed by atoms with Crippen molar-refractivity contribution in [1.29, 1.82) is 0 Å². The van der Waals surface area contributed by atoms with Gasteiger partial charge in [-0.25, -0.2) is 0 Å². The second kappa shape index (κ2) is 7.91. The first-order valence-corrected chi connectivity index (χ1v) is 7.63. The van der Waals surface area contributed by atoms with Gasteiger partial charge in [-0.3, -0.25) is 0 Å². The van der Waals surface area contributed by atoms with Gasteiger partial charge in [0.25, 0.3) is 0 Å². The van der Waals surface area contributed by atoms with Crippen molar-refractivity contribution in [3.8, 4) is 0 Å². The fraction of sp³-hybridized carbons (Fsp3) is 0.929. The number of hydrogen-bond acceptors (Lipinski definition) is 1. The minimum atomic E-state index is 0.606. The highest BCUT2D eigenvalue weighted by atomic mass is 32.1. The third kappa shape index (κ3) is 4.82. The van der Waals surface area contributed by atoms with Crippen LogP contribution >= 0.6 is 12.2 Å². The summed E-state index contributed by atoms with van der Waals surface area (Å²) in [5.74, 6) is 0. The molecule has 0 amide bonds. The van der Waals surface area contributed by atoms with Gasteiger partial charge in [-0.2, -0.15) is 0 Å². The Morgan fingerprint density at radius 1 is 1.18 bits per heavy atom. The standard InChI is InChI=1S/C14H28N2S/c1-4-5-6-7-11-15-14(17)16-12(2)9-8-10-13(16)3/h12-13H,4-11H2,1-3H3,(H,15,17). The third-order valence-electron chi connectivity index (χ3n) is 3.73. The van der Waals surface area contributed by atoms with Gasteiger partial charge in [0.1, 0.15) is 0 Å². The predicted octanol–water partition coefficient (Wildman–Crippen LogP) is 3.70. The molecule has 0 aromatic carbocycles. The van der Waals surface area contributed by atoms with E-state index in [1.54, 1.807) is 0 Å². The van der Waals surface area contributed by atoms with Crippen molar-refractivity contribution in [2.75, 3.05) is 6.54 Å². The van der Waals surface area contributed by atoms with E-state index in [1.165, 1.54) is 44.9 Å². The van der Waals surface area contributed by atoms with Crippen LogP contribution < -0.4 is 5.32 Å². The van der Waals surface area contributed by atoms with Gasteiger partial charge in [0.15, 0.2) is 5.11 Å². The first kappa shape index (κ1) is 14.7. The molecular weight excluding hydrogens is 228 g/mol. The number of nitrogens with one attached hydrogen (secondary N) is 1. The number of rotatable bonds is 5. The van der Waals surface area contributed by atoms with E-state index in [-0.39, 0.29) is 0 Å². The van der Waals surface area contributed by atoms with E-state index in [4.69, 9.17) is 12.2 Å². The van der Waals surface area contributed by atoms with E-state index in [9.17, 15) is 0 Å². The maximum absolute atomic E-state index is 5.52. The van der Waals surface area contributed by atoms with Crippen molar-refractivity contribution < 1.29 is 0 Å². The van der Waals surface area contributed by atoms with Gasteiger partial charge < -0.3 is 10.2 Å². The Balaban J connectivity index is 2.25. The summed E-state index contributed by atoms with van der Waals surface area (Å²) in [5.41, 5.74) is 0. The molecule has 17 heavy (non-hydrogen) atoms. The molecule has 2 atom stereocenters. The molecule has 0 aliphatic carbocycles. The highest BCUT2D eigenvalue weighted by Gasteiger charge is 2.26. The lowest BCUT2D eigenvalue weighted by molar-refractivity contribution is 0.189. The SMILES string of the molecule is CCCCCCNC(=S)N1C(C)CCCC1C. The zero-order valence-electron chi connectivity index (χ0n) is 11.7. The first-order valence-electron chi connectivity index (χ1n) is 7.23. The Kier molecular flexibility index (Phi) is 6.86. The van der Waals surface area contributed by atoms with E-state index >= 15 is 0 Å². The average Bonchev–Trinajstić information content (AvgIpc) is 2.28. The molecule has 0 bridgehead atoms. The Hall–Kier alpha value is -0.310. The van der Waals surface area contributed by atoms with E-state index in [0.717, 1.165) is 11.7 Å². The molecule has 1 saturated heterocycles. The summed E-state index contributed by atoms with van der Waals surface area (Å²) in [7, 11) is 0. The quantitative estimate of drug-likeness (QED) is 0.596. The molecule has 2 unspecified atom stereocenters. The van der Waals surface area contributed by atoms with Crippen molar-refractivity contribution in [2.24, 2.45) is 0 Å². The van der Waals surface area contributed by atoms with E-state index < -0.39 is 0 Å². The monoisotopic (exact) mass is 256 g/mol. The number of likely N-dealkylation sites (tertiary alicyclic amines) is 1. The molecule has 1 aliphatic heterocycles. The summed E-state index contributed by atoms with van der Waals surface area (Å²) in [6.45, 7) is 7.87. The van der Waals surface area contributed by atoms with Crippen molar-refractivity contribution in [2.45, 2.75) is 77.8 Å². The van der Waals surface area contributed by atoms with Crippen molar-refractivity contribution in [3.63, 3.8) is 0 Å². The van der Waals surface area contributed by atoms with Crippen LogP contribution in [0.3, 0.4) is 0 Å². The van der Waals surface area contributed by atoms with E-state index in [2.05, 4.69) is 31.0 Å². The van der Waals surface area contributed by atoms with Crippen molar-refractivity contribution >= 4 is 17.3 Å². The van der Waals surface area contributed by atoms with Crippen LogP contribution in [0.25, 0.3) is 0 Å². The molecule has 0 aromatic heterocycles. The van der Waals surface area contributed by atoms with Gasteiger partial charge in [0.05, 0.1) is 0 Å². The summed E-state index contributed by atoms with van der Waals surface area (Å²) in [4.78, 5) is 2.40. The molecule has 0 radical (unpaired) electrons. The van der Waals surface area contributed by atoms with Crippen LogP contribution in [-0.2, 0) is 0 Å². The fourth-order valence-corrected chi connectivity index (χ4v) is 3.12. The highest BCUT2D eigenvalue weighted by molar-refractivity contribution is 7.80. The van der Waals surface area contributed by atoms with Gasteiger partial charge in [0, 0.05) is 18.6 Å². The molecular formula is C14H28N2S. The molecule has 2 nitrogen and oxygen atoms in total. The molecule has 0 aromatic rings. The van der Waals surface area contributed by atoms with Crippen LogP contribution in [0.1, 0.15) is 65.7 Å². The summed E-state index contributed by atoms with van der Waals surface area (Å²) in [5, 5.41) is 4.40. The molecule has 1 N–H and O–H groups in total. The maximum Gasteiger partial charge on any atom is 0.169 e. The molecule has 0 saturated carbocycles. The van der Waals surface area contributed by atoms with Crippen molar-refractivity contribution in [3.05, 3.63) is 0 Å². The lowest BCUT2D eigenvalue weighted by Gasteiger charge is -2.41. The molecule has 0 spiro atoms. The number of unbranched alkanes of at least 4 members (excludes halogenated alkanes) is 3. The minimum Gasteiger partial charge on any atom is -0.363 e. The molecule has 1 aliphatic rings. The van der Waals surface area contributed by atoms with Crippen LogP contribution in [-0.4, -0.2) is 28.6 Å². The molecule has 1 heterocycles. The van der Waals surface area contributed by atoms with E-state index in [0.29, 0.717) is 12.1 Å². The van der Waals surface area contributed by atoms with Gasteiger partial charge >= 0.3 is 0 Å². The number of piperidine rings is 1. The molecule has 1 fully saturated rings. The maximum atomic E-state index is 5.52. The zero-order valence-corrected chi connectivity index (χ0v) is 12.5. The smallest absolute Gasteiger partial charge is 0.169 e. The Morgan fingerprint density at radius 3 is 2.41 bits per heavy atom. The largest absolute Gasteiger partial charge is 0.363 e. The van der Waals surface area contributed by atoms with E-state index in [1.807, 2.05) is 0 Å². The topological polar surface area (TPSA) is 15.3 Å². The van der Waals surface area contributed by atoms with Crippen LogP contribution in [0.5, 0.6) is 0 Å². The van der Waals surface area contributed by atoms with Gasteiger partial charge in [-0.05, 0) is 51.7 Å². The number of nitrogens with zero attached hydrogens (tertiary/aromatic N) is 1. The van der Waals surface area contributed by atoms with Crippen LogP contribution in [0, 0.1) is 0 Å². The van der Waals surface area contributed by atoms with Gasteiger partial charge in [0.2, 0.25) is 0 Å². The lowest BCUT2D eigenvalue weighted by atomic mass is 9.98. The summed E-state index contributed by atoms with van der Waals surface area (Å²) in [6.07, 6.45) is 9.10. The second-order valence-electron chi connectivity index (χ2n) is 5.33. The highest BCUT2D eigenvalue weighted by Crippen LogP contribution is 2.22. The minimum absolute atomic E-state index is 0.606. The Labute approximate surface area is 112 Å². The molecule has 1 rings (SSSR count). The lowest BCUT2D eigenvalue weighted by Crippen LogP contribution is -2.51.